The van der Waals surface area contributed by atoms with E-state index in [1.807, 2.05) is 18.2 Å². The standard InChI is InChI=1S/C13H13NOS/c1-9(2)13-12(7-11(8-15)16-13)10-3-5-14-6-4-10/h3-9H,1-2H3. The molecule has 0 atom stereocenters. The highest BCUT2D eigenvalue weighted by Gasteiger charge is 2.13. The Balaban J connectivity index is 2.55. The van der Waals surface area contributed by atoms with Crippen molar-refractivity contribution in [3.63, 3.8) is 0 Å². The van der Waals surface area contributed by atoms with E-state index < -0.39 is 0 Å². The van der Waals surface area contributed by atoms with Crippen LogP contribution in [0.5, 0.6) is 0 Å². The fourth-order valence-corrected chi connectivity index (χ4v) is 2.67. The maximum atomic E-state index is 10.8. The molecule has 2 aromatic heterocycles. The zero-order valence-electron chi connectivity index (χ0n) is 9.31. The molecule has 0 spiro atoms. The van der Waals surface area contributed by atoms with Crippen LogP contribution in [0.2, 0.25) is 0 Å². The van der Waals surface area contributed by atoms with Crippen molar-refractivity contribution in [1.82, 2.24) is 4.98 Å². The molecule has 0 aliphatic rings. The molecule has 0 saturated carbocycles. The molecule has 0 aliphatic carbocycles. The number of hydrogen-bond acceptors (Lipinski definition) is 3. The molecule has 16 heavy (non-hydrogen) atoms. The molecule has 2 aromatic rings. The van der Waals surface area contributed by atoms with Gasteiger partial charge in [0.05, 0.1) is 4.88 Å². The first-order valence-electron chi connectivity index (χ1n) is 5.21. The first kappa shape index (κ1) is 11.0. The highest BCUT2D eigenvalue weighted by molar-refractivity contribution is 7.14. The average Bonchev–Trinajstić information content (AvgIpc) is 2.74. The van der Waals surface area contributed by atoms with Gasteiger partial charge >= 0.3 is 0 Å². The summed E-state index contributed by atoms with van der Waals surface area (Å²) in [5.74, 6) is 0.432. The molecule has 0 N–H and O–H groups in total. The van der Waals surface area contributed by atoms with Crippen LogP contribution in [0.4, 0.5) is 0 Å². The van der Waals surface area contributed by atoms with Crippen LogP contribution in [0.15, 0.2) is 30.6 Å². The minimum Gasteiger partial charge on any atom is -0.297 e. The van der Waals surface area contributed by atoms with E-state index in [9.17, 15) is 4.79 Å². The van der Waals surface area contributed by atoms with E-state index >= 15 is 0 Å². The zero-order valence-corrected chi connectivity index (χ0v) is 10.1. The van der Waals surface area contributed by atoms with Gasteiger partial charge in [-0.25, -0.2) is 0 Å². The Morgan fingerprint density at radius 2 is 2.00 bits per heavy atom. The average molecular weight is 231 g/mol. The first-order valence-corrected chi connectivity index (χ1v) is 6.03. The Kier molecular flexibility index (Phi) is 3.15. The van der Waals surface area contributed by atoms with E-state index in [-0.39, 0.29) is 0 Å². The lowest BCUT2D eigenvalue weighted by atomic mass is 10.0. The van der Waals surface area contributed by atoms with E-state index in [0.717, 1.165) is 22.3 Å². The fourth-order valence-electron chi connectivity index (χ4n) is 1.67. The van der Waals surface area contributed by atoms with Gasteiger partial charge in [-0.1, -0.05) is 13.8 Å². The third-order valence-electron chi connectivity index (χ3n) is 2.41. The van der Waals surface area contributed by atoms with Gasteiger partial charge in [-0.2, -0.15) is 0 Å². The molecule has 0 bridgehead atoms. The second kappa shape index (κ2) is 4.58. The molecule has 0 amide bonds. The van der Waals surface area contributed by atoms with Crippen molar-refractivity contribution in [1.29, 1.82) is 0 Å². The zero-order chi connectivity index (χ0) is 11.5. The van der Waals surface area contributed by atoms with Crippen molar-refractivity contribution in [3.8, 4) is 11.1 Å². The normalized spacial score (nSPS) is 10.7. The molecule has 0 fully saturated rings. The number of pyridine rings is 1. The third-order valence-corrected chi connectivity index (χ3v) is 3.77. The summed E-state index contributed by atoms with van der Waals surface area (Å²) in [5, 5.41) is 0. The van der Waals surface area contributed by atoms with Gasteiger partial charge in [0.15, 0.2) is 6.29 Å². The third kappa shape index (κ3) is 2.04. The second-order valence-electron chi connectivity index (χ2n) is 3.94. The van der Waals surface area contributed by atoms with Crippen molar-refractivity contribution >= 4 is 17.6 Å². The maximum Gasteiger partial charge on any atom is 0.160 e. The van der Waals surface area contributed by atoms with E-state index in [0.29, 0.717) is 5.92 Å². The van der Waals surface area contributed by atoms with E-state index in [4.69, 9.17) is 0 Å². The van der Waals surface area contributed by atoms with Gasteiger partial charge in [0.1, 0.15) is 0 Å². The Bertz CT molecular complexity index is 488. The summed E-state index contributed by atoms with van der Waals surface area (Å²) in [7, 11) is 0. The van der Waals surface area contributed by atoms with Crippen LogP contribution in [0.25, 0.3) is 11.1 Å². The molecular formula is C13H13NOS. The SMILES string of the molecule is CC(C)c1sc(C=O)cc1-c1ccncc1. The Labute approximate surface area is 99.0 Å². The minimum atomic E-state index is 0.432. The van der Waals surface area contributed by atoms with Gasteiger partial charge in [0, 0.05) is 17.3 Å². The number of rotatable bonds is 3. The smallest absolute Gasteiger partial charge is 0.160 e. The van der Waals surface area contributed by atoms with E-state index in [1.54, 1.807) is 23.7 Å². The van der Waals surface area contributed by atoms with Crippen LogP contribution in [0.1, 0.15) is 34.3 Å². The summed E-state index contributed by atoms with van der Waals surface area (Å²) in [6.45, 7) is 4.29. The molecule has 0 unspecified atom stereocenters. The van der Waals surface area contributed by atoms with Gasteiger partial charge in [0.25, 0.3) is 0 Å². The predicted octanol–water partition coefficient (Wildman–Crippen LogP) is 3.75. The highest BCUT2D eigenvalue weighted by atomic mass is 32.1. The lowest BCUT2D eigenvalue weighted by Gasteiger charge is -2.06. The molecule has 82 valence electrons. The van der Waals surface area contributed by atoms with Crippen LogP contribution in [-0.2, 0) is 0 Å². The summed E-state index contributed by atoms with van der Waals surface area (Å²) in [5.41, 5.74) is 2.28. The van der Waals surface area contributed by atoms with Crippen molar-refractivity contribution in [3.05, 3.63) is 40.3 Å². The van der Waals surface area contributed by atoms with Crippen LogP contribution >= 0.6 is 11.3 Å². The topological polar surface area (TPSA) is 30.0 Å². The first-order chi connectivity index (χ1) is 7.72. The number of aldehydes is 1. The monoisotopic (exact) mass is 231 g/mol. The Morgan fingerprint density at radius 1 is 1.31 bits per heavy atom. The maximum absolute atomic E-state index is 10.8. The molecule has 3 heteroatoms. The van der Waals surface area contributed by atoms with Gasteiger partial charge in [-0.05, 0) is 35.2 Å². The van der Waals surface area contributed by atoms with Crippen LogP contribution < -0.4 is 0 Å². The molecule has 2 nitrogen and oxygen atoms in total. The van der Waals surface area contributed by atoms with E-state index in [2.05, 4.69) is 18.8 Å². The summed E-state index contributed by atoms with van der Waals surface area (Å²) >= 11 is 1.57. The number of thiophene rings is 1. The number of nitrogens with zero attached hydrogens (tertiary/aromatic N) is 1. The summed E-state index contributed by atoms with van der Waals surface area (Å²) in [6.07, 6.45) is 4.47. The molecule has 0 saturated heterocycles. The summed E-state index contributed by atoms with van der Waals surface area (Å²) < 4.78 is 0. The predicted molar refractivity (Wildman–Crippen MR) is 67.0 cm³/mol. The second-order valence-corrected chi connectivity index (χ2v) is 5.05. The summed E-state index contributed by atoms with van der Waals surface area (Å²) in [6, 6.07) is 5.91. The van der Waals surface area contributed by atoms with Crippen LogP contribution in [0.3, 0.4) is 0 Å². The van der Waals surface area contributed by atoms with Gasteiger partial charge < -0.3 is 0 Å². The molecule has 0 radical (unpaired) electrons. The molecule has 0 aliphatic heterocycles. The van der Waals surface area contributed by atoms with Crippen molar-refractivity contribution in [2.45, 2.75) is 19.8 Å². The summed E-state index contributed by atoms with van der Waals surface area (Å²) in [4.78, 5) is 16.9. The van der Waals surface area contributed by atoms with Crippen LogP contribution in [0, 0.1) is 0 Å². The number of carbonyl (C=O) groups is 1. The minimum absolute atomic E-state index is 0.432. The molecular weight excluding hydrogens is 218 g/mol. The number of aromatic nitrogens is 1. The molecule has 2 rings (SSSR count). The van der Waals surface area contributed by atoms with Gasteiger partial charge in [-0.3, -0.25) is 9.78 Å². The van der Waals surface area contributed by atoms with Crippen molar-refractivity contribution in [2.24, 2.45) is 0 Å². The number of hydrogen-bond donors (Lipinski definition) is 0. The van der Waals surface area contributed by atoms with Crippen LogP contribution in [-0.4, -0.2) is 11.3 Å². The van der Waals surface area contributed by atoms with Gasteiger partial charge in [0.2, 0.25) is 0 Å². The largest absolute Gasteiger partial charge is 0.297 e. The van der Waals surface area contributed by atoms with Crippen molar-refractivity contribution < 1.29 is 4.79 Å². The van der Waals surface area contributed by atoms with Crippen molar-refractivity contribution in [2.75, 3.05) is 0 Å². The highest BCUT2D eigenvalue weighted by Crippen LogP contribution is 2.35. The Morgan fingerprint density at radius 3 is 2.56 bits per heavy atom. The quantitative estimate of drug-likeness (QED) is 0.753. The lowest BCUT2D eigenvalue weighted by Crippen LogP contribution is -1.85. The van der Waals surface area contributed by atoms with E-state index in [1.165, 1.54) is 4.88 Å². The number of carbonyl (C=O) groups excluding carboxylic acids is 1. The lowest BCUT2D eigenvalue weighted by molar-refractivity contribution is 0.112. The molecule has 2 heterocycles. The molecule has 0 aromatic carbocycles. The van der Waals surface area contributed by atoms with Gasteiger partial charge in [-0.15, -0.1) is 11.3 Å². The Hall–Kier alpha value is -1.48. The fraction of sp³-hybridized carbons (Fsp3) is 0.231.